The summed E-state index contributed by atoms with van der Waals surface area (Å²) in [4.78, 5) is 0. The Hall–Kier alpha value is -0.580. The predicted molar refractivity (Wildman–Crippen MR) is 168 cm³/mol. The maximum Gasteiger partial charge on any atom is 0.186 e. The number of hydrogen-bond donors (Lipinski definition) is 6. The van der Waals surface area contributed by atoms with Gasteiger partial charge in [0.25, 0.3) is 0 Å². The fraction of sp³-hybridized carbons (Fsp3) is 0.944. The van der Waals surface area contributed by atoms with Crippen molar-refractivity contribution >= 4 is 0 Å². The summed E-state index contributed by atoms with van der Waals surface area (Å²) in [7, 11) is 0. The molecule has 1 heterocycles. The number of rotatable bonds is 7. The molecule has 0 radical (unpaired) electrons. The van der Waals surface area contributed by atoms with E-state index in [1.807, 2.05) is 6.92 Å². The van der Waals surface area contributed by atoms with Crippen LogP contribution in [0.2, 0.25) is 0 Å². The zero-order chi connectivity index (χ0) is 32.6. The second-order valence-electron chi connectivity index (χ2n) is 17.3. The van der Waals surface area contributed by atoms with Gasteiger partial charge in [0.1, 0.15) is 24.4 Å². The lowest BCUT2D eigenvalue weighted by molar-refractivity contribution is -0.332. The van der Waals surface area contributed by atoms with Gasteiger partial charge in [0.15, 0.2) is 6.29 Å². The van der Waals surface area contributed by atoms with E-state index < -0.39 is 49.0 Å². The Morgan fingerprint density at radius 2 is 1.55 bits per heavy atom. The monoisotopic (exact) mass is 622 g/mol. The highest BCUT2D eigenvalue weighted by Crippen LogP contribution is 2.76. The van der Waals surface area contributed by atoms with Crippen molar-refractivity contribution in [2.24, 2.45) is 45.3 Å². The van der Waals surface area contributed by atoms with Gasteiger partial charge in [0.05, 0.1) is 24.4 Å². The van der Waals surface area contributed by atoms with Crippen molar-refractivity contribution in [1.29, 1.82) is 0 Å². The summed E-state index contributed by atoms with van der Waals surface area (Å²) >= 11 is 0. The van der Waals surface area contributed by atoms with Crippen LogP contribution in [-0.4, -0.2) is 85.8 Å². The van der Waals surface area contributed by atoms with Gasteiger partial charge in [-0.3, -0.25) is 0 Å². The van der Waals surface area contributed by atoms with E-state index in [-0.39, 0.29) is 39.6 Å². The van der Waals surface area contributed by atoms with E-state index in [1.54, 1.807) is 0 Å². The van der Waals surface area contributed by atoms with Crippen LogP contribution in [0, 0.1) is 45.3 Å². The average Bonchev–Trinajstić information content (AvgIpc) is 3.32. The maximum absolute atomic E-state index is 12.0. The molecule has 0 spiro atoms. The molecule has 6 N–H and O–H groups in total. The molecule has 15 atom stereocenters. The van der Waals surface area contributed by atoms with Gasteiger partial charge in [-0.05, 0) is 124 Å². The van der Waals surface area contributed by atoms with Crippen molar-refractivity contribution in [1.82, 2.24) is 0 Å². The molecule has 8 nitrogen and oxygen atoms in total. The Morgan fingerprint density at radius 1 is 0.886 bits per heavy atom. The van der Waals surface area contributed by atoms with E-state index in [4.69, 9.17) is 9.47 Å². The van der Waals surface area contributed by atoms with Crippen molar-refractivity contribution in [2.75, 3.05) is 6.61 Å². The quantitative estimate of drug-likeness (QED) is 0.182. The van der Waals surface area contributed by atoms with Gasteiger partial charge in [-0.25, -0.2) is 0 Å². The minimum atomic E-state index is -1.46. The van der Waals surface area contributed by atoms with E-state index >= 15 is 0 Å². The third-order valence-electron chi connectivity index (χ3n) is 14.5. The fourth-order valence-electron chi connectivity index (χ4n) is 11.9. The Labute approximate surface area is 265 Å². The number of aliphatic hydroxyl groups excluding tert-OH is 5. The largest absolute Gasteiger partial charge is 0.394 e. The van der Waals surface area contributed by atoms with Crippen LogP contribution < -0.4 is 0 Å². The number of aliphatic hydroxyl groups is 6. The van der Waals surface area contributed by atoms with Crippen LogP contribution in [0.4, 0.5) is 0 Å². The lowest BCUT2D eigenvalue weighted by Gasteiger charge is -2.70. The topological polar surface area (TPSA) is 140 Å². The molecule has 0 bridgehead atoms. The summed E-state index contributed by atoms with van der Waals surface area (Å²) < 4.78 is 12.2. The first-order valence-corrected chi connectivity index (χ1v) is 17.3. The van der Waals surface area contributed by atoms with E-state index in [0.29, 0.717) is 18.3 Å². The minimum absolute atomic E-state index is 0.0231. The molecule has 1 aliphatic heterocycles. The summed E-state index contributed by atoms with van der Waals surface area (Å²) in [5.74, 6) is 0.792. The van der Waals surface area contributed by atoms with E-state index in [0.717, 1.165) is 51.4 Å². The lowest BCUT2D eigenvalue weighted by atomic mass is 9.35. The van der Waals surface area contributed by atoms with Gasteiger partial charge in [0, 0.05) is 0 Å². The Balaban J connectivity index is 1.37. The Bertz CT molecular complexity index is 1070. The van der Waals surface area contributed by atoms with Gasteiger partial charge < -0.3 is 40.1 Å². The molecule has 44 heavy (non-hydrogen) atoms. The SMILES string of the molecule is CC(C)=CCC[C@](C)(O)C1CC[C@]2(C)C1[C@H](O)CC1[C@@]3(C)CCC(O[C@@H]4OC(CO)[C@H](O)[C@H](O)C4O)C(C)(C)C3CC[C@]12C. The molecule has 5 rings (SSSR count). The highest BCUT2D eigenvalue weighted by molar-refractivity contribution is 5.20. The number of fused-ring (bicyclic) bond motifs is 5. The molecule has 0 aromatic heterocycles. The maximum atomic E-state index is 12.0. The van der Waals surface area contributed by atoms with Crippen LogP contribution in [0.1, 0.15) is 113 Å². The molecule has 0 amide bonds. The van der Waals surface area contributed by atoms with Gasteiger partial charge in [0.2, 0.25) is 0 Å². The second-order valence-corrected chi connectivity index (χ2v) is 17.3. The molecule has 1 saturated heterocycles. The van der Waals surface area contributed by atoms with Crippen LogP contribution in [0.3, 0.4) is 0 Å². The highest BCUT2D eigenvalue weighted by atomic mass is 16.7. The van der Waals surface area contributed by atoms with Crippen molar-refractivity contribution in [3.63, 3.8) is 0 Å². The molecule has 4 aliphatic carbocycles. The first kappa shape index (κ1) is 34.7. The molecule has 7 unspecified atom stereocenters. The number of hydrogen-bond acceptors (Lipinski definition) is 8. The zero-order valence-corrected chi connectivity index (χ0v) is 28.5. The highest BCUT2D eigenvalue weighted by Gasteiger charge is 2.71. The second kappa shape index (κ2) is 11.8. The third-order valence-corrected chi connectivity index (χ3v) is 14.5. The van der Waals surface area contributed by atoms with Crippen LogP contribution in [0.25, 0.3) is 0 Å². The molecule has 8 heteroatoms. The van der Waals surface area contributed by atoms with Crippen molar-refractivity contribution in [2.45, 2.75) is 162 Å². The summed E-state index contributed by atoms with van der Waals surface area (Å²) in [6, 6.07) is 0. The van der Waals surface area contributed by atoms with Gasteiger partial charge >= 0.3 is 0 Å². The third kappa shape index (κ3) is 5.26. The van der Waals surface area contributed by atoms with E-state index in [1.165, 1.54) is 5.57 Å². The van der Waals surface area contributed by atoms with Gasteiger partial charge in [-0.1, -0.05) is 46.3 Å². The molecule has 5 aliphatic rings. The van der Waals surface area contributed by atoms with Crippen LogP contribution in [0.15, 0.2) is 11.6 Å². The lowest BCUT2D eigenvalue weighted by Crippen LogP contribution is -2.67. The van der Waals surface area contributed by atoms with Gasteiger partial charge in [-0.2, -0.15) is 0 Å². The Kier molecular flexibility index (Phi) is 9.35. The average molecular weight is 623 g/mol. The number of ether oxygens (including phenoxy) is 2. The van der Waals surface area contributed by atoms with Crippen LogP contribution >= 0.6 is 0 Å². The normalized spacial score (nSPS) is 51.5. The van der Waals surface area contributed by atoms with Gasteiger partial charge in [-0.15, -0.1) is 0 Å². The Morgan fingerprint density at radius 3 is 2.18 bits per heavy atom. The van der Waals surface area contributed by atoms with Crippen molar-refractivity contribution < 1.29 is 40.1 Å². The van der Waals surface area contributed by atoms with Crippen molar-refractivity contribution in [3.05, 3.63) is 11.6 Å². The first-order chi connectivity index (χ1) is 20.3. The molecular weight excluding hydrogens is 560 g/mol. The molecule has 0 aromatic carbocycles. The van der Waals surface area contributed by atoms with Crippen LogP contribution in [0.5, 0.6) is 0 Å². The minimum Gasteiger partial charge on any atom is -0.394 e. The molecular formula is C36H62O8. The van der Waals surface area contributed by atoms with E-state index in [2.05, 4.69) is 54.5 Å². The molecule has 254 valence electrons. The fourth-order valence-corrected chi connectivity index (χ4v) is 11.9. The van der Waals surface area contributed by atoms with Crippen LogP contribution in [-0.2, 0) is 9.47 Å². The standard InChI is InChI=1S/C36H62O8/c1-20(2)10-9-14-36(8,42)21-11-16-35(7)27(21)22(38)18-25-33(5)15-13-26(32(3,4)24(33)12-17-34(25,35)6)44-31-30(41)29(40)28(39)23(19-37)43-31/h10,21-31,37-42H,9,11-19H2,1-8H3/t21?,22-,23?,24?,25?,26?,27?,28+,29+,30?,31+,33+,34-,35-,36+/m1/s1. The van der Waals surface area contributed by atoms with E-state index in [9.17, 15) is 30.6 Å². The molecule has 4 saturated carbocycles. The summed E-state index contributed by atoms with van der Waals surface area (Å²) in [5, 5.41) is 64.8. The summed E-state index contributed by atoms with van der Waals surface area (Å²) in [6.07, 6.45) is 3.15. The summed E-state index contributed by atoms with van der Waals surface area (Å²) in [6.45, 7) is 17.5. The molecule has 5 fully saturated rings. The number of allylic oxidation sites excluding steroid dienone is 2. The van der Waals surface area contributed by atoms with Crippen molar-refractivity contribution in [3.8, 4) is 0 Å². The summed E-state index contributed by atoms with van der Waals surface area (Å²) in [5.41, 5.74) is 0.122. The zero-order valence-electron chi connectivity index (χ0n) is 28.5. The first-order valence-electron chi connectivity index (χ1n) is 17.3. The smallest absolute Gasteiger partial charge is 0.186 e. The molecule has 0 aromatic rings. The predicted octanol–water partition coefficient (Wildman–Crippen LogP) is 4.32.